The second-order valence-electron chi connectivity index (χ2n) is 7.11. The number of hydrogen-bond donors (Lipinski definition) is 2. The molecule has 2 rings (SSSR count). The van der Waals surface area contributed by atoms with E-state index in [9.17, 15) is 4.79 Å². The van der Waals surface area contributed by atoms with Gasteiger partial charge in [-0.15, -0.1) is 0 Å². The second-order valence-corrected chi connectivity index (χ2v) is 7.82. The van der Waals surface area contributed by atoms with Gasteiger partial charge in [-0.3, -0.25) is 9.69 Å². The fourth-order valence-corrected chi connectivity index (χ4v) is 3.37. The van der Waals surface area contributed by atoms with E-state index in [2.05, 4.69) is 68.4 Å². The summed E-state index contributed by atoms with van der Waals surface area (Å²) >= 11 is 3.46. The Morgan fingerprint density at radius 1 is 1.39 bits per heavy atom. The van der Waals surface area contributed by atoms with Crippen LogP contribution in [0.1, 0.15) is 37.0 Å². The summed E-state index contributed by atoms with van der Waals surface area (Å²) in [4.78, 5) is 19.4. The second kappa shape index (κ2) is 6.65. The van der Waals surface area contributed by atoms with Gasteiger partial charge in [0.2, 0.25) is 0 Å². The molecule has 0 fully saturated rings. The zero-order valence-corrected chi connectivity index (χ0v) is 16.1. The van der Waals surface area contributed by atoms with E-state index in [1.807, 2.05) is 14.1 Å². The molecule has 128 valence electrons. The number of carbonyl (C=O) groups excluding carboxylic acids is 1. The highest BCUT2D eigenvalue weighted by molar-refractivity contribution is 9.10. The third-order valence-electron chi connectivity index (χ3n) is 4.18. The van der Waals surface area contributed by atoms with Crippen LogP contribution in [0, 0.1) is 5.41 Å². The zero-order valence-electron chi connectivity index (χ0n) is 14.5. The molecule has 1 aliphatic rings. The Morgan fingerprint density at radius 2 is 2.04 bits per heavy atom. The molecule has 0 aromatic carbocycles. The molecule has 1 aliphatic heterocycles. The predicted octanol–water partition coefficient (Wildman–Crippen LogP) is 1.97. The third-order valence-corrected chi connectivity index (χ3v) is 4.78. The quantitative estimate of drug-likeness (QED) is 0.834. The molecule has 0 radical (unpaired) electrons. The standard InChI is InChI=1S/C16H26BrN5O/c1-10(18-5)13(16(2,3)4)20-14(23)12-11-9-21(6)7-8-22(11)15(17)19-12/h13,18H,1,7-9H2,2-6H3,(H,20,23)/t13-/m1/s1. The van der Waals surface area contributed by atoms with E-state index in [4.69, 9.17) is 0 Å². The van der Waals surface area contributed by atoms with Crippen molar-refractivity contribution in [3.8, 4) is 0 Å². The van der Waals surface area contributed by atoms with E-state index in [1.165, 1.54) is 0 Å². The molecule has 0 aliphatic carbocycles. The predicted molar refractivity (Wildman–Crippen MR) is 95.2 cm³/mol. The number of nitrogens with zero attached hydrogens (tertiary/aromatic N) is 3. The van der Waals surface area contributed by atoms with Crippen molar-refractivity contribution in [3.05, 3.63) is 28.4 Å². The maximum absolute atomic E-state index is 12.8. The van der Waals surface area contributed by atoms with Crippen LogP contribution in [0.2, 0.25) is 0 Å². The minimum absolute atomic E-state index is 0.149. The van der Waals surface area contributed by atoms with Crippen molar-refractivity contribution in [1.82, 2.24) is 25.1 Å². The van der Waals surface area contributed by atoms with Crippen LogP contribution in [0.15, 0.2) is 17.0 Å². The Kier molecular flexibility index (Phi) is 5.20. The van der Waals surface area contributed by atoms with Gasteiger partial charge in [0.15, 0.2) is 10.4 Å². The number of rotatable bonds is 4. The summed E-state index contributed by atoms with van der Waals surface area (Å²) in [5.74, 6) is -0.161. The van der Waals surface area contributed by atoms with Crippen molar-refractivity contribution >= 4 is 21.8 Å². The zero-order chi connectivity index (χ0) is 17.4. The Hall–Kier alpha value is -1.34. The lowest BCUT2D eigenvalue weighted by atomic mass is 9.85. The van der Waals surface area contributed by atoms with Crippen molar-refractivity contribution in [1.29, 1.82) is 0 Å². The number of likely N-dealkylation sites (N-methyl/N-ethyl adjacent to an activating group) is 2. The van der Waals surface area contributed by atoms with Gasteiger partial charge in [0.05, 0.1) is 11.7 Å². The molecule has 6 nitrogen and oxygen atoms in total. The van der Waals surface area contributed by atoms with Gasteiger partial charge in [-0.25, -0.2) is 4.98 Å². The van der Waals surface area contributed by atoms with Gasteiger partial charge in [-0.1, -0.05) is 27.4 Å². The van der Waals surface area contributed by atoms with Gasteiger partial charge in [0, 0.05) is 32.4 Å². The summed E-state index contributed by atoms with van der Waals surface area (Å²) in [6.07, 6.45) is 0. The molecule has 23 heavy (non-hydrogen) atoms. The molecule has 0 unspecified atom stereocenters. The monoisotopic (exact) mass is 383 g/mol. The highest BCUT2D eigenvalue weighted by Crippen LogP contribution is 2.25. The van der Waals surface area contributed by atoms with E-state index in [1.54, 1.807) is 0 Å². The van der Waals surface area contributed by atoms with Crippen LogP contribution in [-0.2, 0) is 13.1 Å². The van der Waals surface area contributed by atoms with E-state index in [0.29, 0.717) is 17.0 Å². The third kappa shape index (κ3) is 3.77. The molecule has 1 atom stereocenters. The molecule has 0 saturated carbocycles. The van der Waals surface area contributed by atoms with Crippen LogP contribution in [0.3, 0.4) is 0 Å². The number of imidazole rings is 1. The first kappa shape index (κ1) is 18.0. The van der Waals surface area contributed by atoms with Crippen LogP contribution in [0.4, 0.5) is 0 Å². The van der Waals surface area contributed by atoms with E-state index in [-0.39, 0.29) is 17.4 Å². The average Bonchev–Trinajstić information content (AvgIpc) is 2.79. The Bertz CT molecular complexity index is 617. The number of hydrogen-bond acceptors (Lipinski definition) is 4. The maximum atomic E-state index is 12.8. The molecular formula is C16H26BrN5O. The molecule has 1 amide bonds. The Morgan fingerprint density at radius 3 is 2.61 bits per heavy atom. The number of halogens is 1. The van der Waals surface area contributed by atoms with Gasteiger partial charge in [-0.05, 0) is 28.4 Å². The average molecular weight is 384 g/mol. The Balaban J connectivity index is 2.29. The number of nitrogens with one attached hydrogen (secondary N) is 2. The first-order chi connectivity index (χ1) is 10.6. The molecule has 2 heterocycles. The van der Waals surface area contributed by atoms with Gasteiger partial charge < -0.3 is 15.2 Å². The normalized spacial score (nSPS) is 16.6. The van der Waals surface area contributed by atoms with Crippen LogP contribution in [0.5, 0.6) is 0 Å². The van der Waals surface area contributed by atoms with Crippen LogP contribution >= 0.6 is 15.9 Å². The smallest absolute Gasteiger partial charge is 0.272 e. The van der Waals surface area contributed by atoms with Crippen molar-refractivity contribution in [2.45, 2.75) is 39.9 Å². The molecular weight excluding hydrogens is 358 g/mol. The lowest BCUT2D eigenvalue weighted by molar-refractivity contribution is 0.0906. The van der Waals surface area contributed by atoms with Gasteiger partial charge in [0.25, 0.3) is 5.91 Å². The fraction of sp³-hybridized carbons (Fsp3) is 0.625. The highest BCUT2D eigenvalue weighted by atomic mass is 79.9. The summed E-state index contributed by atoms with van der Waals surface area (Å²) in [6, 6.07) is -0.183. The summed E-state index contributed by atoms with van der Waals surface area (Å²) in [7, 11) is 3.87. The SMILES string of the molecule is C=C(NC)[C@@H](NC(=O)c1nc(Br)n2c1CN(C)CC2)C(C)(C)C. The number of carbonyl (C=O) groups is 1. The minimum Gasteiger partial charge on any atom is -0.390 e. The molecule has 1 aromatic rings. The fourth-order valence-electron chi connectivity index (χ4n) is 2.80. The van der Waals surface area contributed by atoms with Crippen molar-refractivity contribution < 1.29 is 4.79 Å². The van der Waals surface area contributed by atoms with Gasteiger partial charge in [0.1, 0.15) is 0 Å². The van der Waals surface area contributed by atoms with Crippen molar-refractivity contribution in [3.63, 3.8) is 0 Å². The van der Waals surface area contributed by atoms with Crippen LogP contribution < -0.4 is 10.6 Å². The number of fused-ring (bicyclic) bond motifs is 1. The largest absolute Gasteiger partial charge is 0.390 e. The van der Waals surface area contributed by atoms with E-state index in [0.717, 1.165) is 24.5 Å². The molecule has 1 aromatic heterocycles. The summed E-state index contributed by atoms with van der Waals surface area (Å²) < 4.78 is 2.78. The van der Waals surface area contributed by atoms with Crippen molar-refractivity contribution in [2.24, 2.45) is 5.41 Å². The summed E-state index contributed by atoms with van der Waals surface area (Å²) in [6.45, 7) is 12.7. The molecule has 0 saturated heterocycles. The van der Waals surface area contributed by atoms with Gasteiger partial charge >= 0.3 is 0 Å². The van der Waals surface area contributed by atoms with E-state index >= 15 is 0 Å². The molecule has 2 N–H and O–H groups in total. The first-order valence-electron chi connectivity index (χ1n) is 7.76. The summed E-state index contributed by atoms with van der Waals surface area (Å²) in [5.41, 5.74) is 2.08. The topological polar surface area (TPSA) is 62.2 Å². The minimum atomic E-state index is -0.183. The van der Waals surface area contributed by atoms with Crippen molar-refractivity contribution in [2.75, 3.05) is 20.6 Å². The van der Waals surface area contributed by atoms with E-state index < -0.39 is 0 Å². The van der Waals surface area contributed by atoms with Crippen LogP contribution in [-0.4, -0.2) is 47.0 Å². The lowest BCUT2D eigenvalue weighted by Crippen LogP contribution is -2.47. The first-order valence-corrected chi connectivity index (χ1v) is 8.55. The molecule has 0 bridgehead atoms. The highest BCUT2D eigenvalue weighted by Gasteiger charge is 2.31. The van der Waals surface area contributed by atoms with Crippen LogP contribution in [0.25, 0.3) is 0 Å². The Labute approximate surface area is 146 Å². The number of aromatic nitrogens is 2. The molecule has 0 spiro atoms. The molecule has 7 heteroatoms. The van der Waals surface area contributed by atoms with Gasteiger partial charge in [-0.2, -0.15) is 0 Å². The maximum Gasteiger partial charge on any atom is 0.272 e. The number of amides is 1. The lowest BCUT2D eigenvalue weighted by Gasteiger charge is -2.33. The summed E-state index contributed by atoms with van der Waals surface area (Å²) in [5, 5.41) is 6.14.